The Morgan fingerprint density at radius 2 is 2.20 bits per heavy atom. The van der Waals surface area contributed by atoms with Gasteiger partial charge < -0.3 is 14.8 Å². The molecule has 1 atom stereocenters. The van der Waals surface area contributed by atoms with E-state index in [1.54, 1.807) is 13.8 Å². The highest BCUT2D eigenvalue weighted by Crippen LogP contribution is 2.03. The van der Waals surface area contributed by atoms with Gasteiger partial charge in [0.15, 0.2) is 0 Å². The molecule has 1 rings (SSSR count). The first-order chi connectivity index (χ1) is 7.02. The SMILES string of the molecule is CC(C)[C@H](NC(=O)c1ncco1)C(=O)O. The smallest absolute Gasteiger partial charge is 0.326 e. The standard InChI is InChI=1S/C9H12N2O4/c1-5(2)6(9(13)14)11-7(12)8-10-3-4-15-8/h3-6H,1-2H3,(H,11,12)(H,13,14)/t6-/m0/s1. The van der Waals surface area contributed by atoms with Crippen LogP contribution in [0.2, 0.25) is 0 Å². The minimum absolute atomic E-state index is 0.137. The van der Waals surface area contributed by atoms with Gasteiger partial charge in [-0.25, -0.2) is 9.78 Å². The molecule has 1 amide bonds. The van der Waals surface area contributed by atoms with Gasteiger partial charge in [0.25, 0.3) is 5.89 Å². The fourth-order valence-corrected chi connectivity index (χ4v) is 1.05. The largest absolute Gasteiger partial charge is 0.480 e. The monoisotopic (exact) mass is 212 g/mol. The second kappa shape index (κ2) is 4.59. The highest BCUT2D eigenvalue weighted by Gasteiger charge is 2.25. The second-order valence-electron chi connectivity index (χ2n) is 3.37. The highest BCUT2D eigenvalue weighted by atomic mass is 16.4. The number of hydrogen-bond acceptors (Lipinski definition) is 4. The van der Waals surface area contributed by atoms with E-state index in [0.29, 0.717) is 0 Å². The third-order valence-corrected chi connectivity index (χ3v) is 1.85. The zero-order valence-corrected chi connectivity index (χ0v) is 8.43. The number of oxazole rings is 1. The van der Waals surface area contributed by atoms with Crippen LogP contribution in [0.4, 0.5) is 0 Å². The first-order valence-electron chi connectivity index (χ1n) is 4.45. The van der Waals surface area contributed by atoms with Gasteiger partial charge in [-0.3, -0.25) is 4.79 Å². The normalized spacial score (nSPS) is 12.5. The maximum absolute atomic E-state index is 11.4. The van der Waals surface area contributed by atoms with Crippen molar-refractivity contribution >= 4 is 11.9 Å². The minimum atomic E-state index is -1.08. The summed E-state index contributed by atoms with van der Waals surface area (Å²) in [6.07, 6.45) is 2.57. The molecule has 0 aliphatic rings. The van der Waals surface area contributed by atoms with Crippen LogP contribution >= 0.6 is 0 Å². The van der Waals surface area contributed by atoms with Crippen molar-refractivity contribution in [1.82, 2.24) is 10.3 Å². The third-order valence-electron chi connectivity index (χ3n) is 1.85. The number of carbonyl (C=O) groups excluding carboxylic acids is 1. The van der Waals surface area contributed by atoms with Gasteiger partial charge in [-0.2, -0.15) is 0 Å². The summed E-state index contributed by atoms with van der Waals surface area (Å²) < 4.78 is 4.74. The quantitative estimate of drug-likeness (QED) is 0.758. The van der Waals surface area contributed by atoms with Gasteiger partial charge in [0.05, 0.1) is 6.20 Å². The zero-order chi connectivity index (χ0) is 11.4. The van der Waals surface area contributed by atoms with Crippen LogP contribution in [0.3, 0.4) is 0 Å². The van der Waals surface area contributed by atoms with Crippen molar-refractivity contribution < 1.29 is 19.1 Å². The summed E-state index contributed by atoms with van der Waals surface area (Å²) in [5.41, 5.74) is 0. The van der Waals surface area contributed by atoms with Gasteiger partial charge in [-0.15, -0.1) is 0 Å². The molecule has 0 saturated carbocycles. The lowest BCUT2D eigenvalue weighted by atomic mass is 10.1. The fraction of sp³-hybridized carbons (Fsp3) is 0.444. The first-order valence-corrected chi connectivity index (χ1v) is 4.45. The summed E-state index contributed by atoms with van der Waals surface area (Å²) in [6, 6.07) is -0.940. The molecule has 6 nitrogen and oxygen atoms in total. The van der Waals surface area contributed by atoms with Crippen LogP contribution in [0, 0.1) is 5.92 Å². The van der Waals surface area contributed by atoms with Crippen molar-refractivity contribution in [2.75, 3.05) is 0 Å². The summed E-state index contributed by atoms with van der Waals surface area (Å²) in [4.78, 5) is 25.8. The molecule has 2 N–H and O–H groups in total. The molecule has 15 heavy (non-hydrogen) atoms. The lowest BCUT2D eigenvalue weighted by Crippen LogP contribution is -2.44. The van der Waals surface area contributed by atoms with E-state index in [0.717, 1.165) is 0 Å². The maximum atomic E-state index is 11.4. The molecule has 0 radical (unpaired) electrons. The molecule has 0 unspecified atom stereocenters. The zero-order valence-electron chi connectivity index (χ0n) is 8.43. The fourth-order valence-electron chi connectivity index (χ4n) is 1.05. The predicted octanol–water partition coefficient (Wildman–Crippen LogP) is 0.514. The Morgan fingerprint density at radius 1 is 1.53 bits per heavy atom. The predicted molar refractivity (Wildman–Crippen MR) is 50.2 cm³/mol. The molecule has 1 heterocycles. The number of aliphatic carboxylic acids is 1. The number of amides is 1. The van der Waals surface area contributed by atoms with E-state index in [1.807, 2.05) is 0 Å². The molecule has 0 fully saturated rings. The lowest BCUT2D eigenvalue weighted by Gasteiger charge is -2.16. The average molecular weight is 212 g/mol. The van der Waals surface area contributed by atoms with Crippen molar-refractivity contribution in [3.05, 3.63) is 18.4 Å². The minimum Gasteiger partial charge on any atom is -0.480 e. The van der Waals surface area contributed by atoms with E-state index < -0.39 is 17.9 Å². The number of aromatic nitrogens is 1. The van der Waals surface area contributed by atoms with Gasteiger partial charge in [-0.1, -0.05) is 13.8 Å². The number of nitrogens with one attached hydrogen (secondary N) is 1. The van der Waals surface area contributed by atoms with Crippen LogP contribution in [-0.4, -0.2) is 28.0 Å². The summed E-state index contributed by atoms with van der Waals surface area (Å²) in [5.74, 6) is -2.05. The van der Waals surface area contributed by atoms with E-state index in [9.17, 15) is 9.59 Å². The van der Waals surface area contributed by atoms with Crippen LogP contribution in [0.5, 0.6) is 0 Å². The molecular weight excluding hydrogens is 200 g/mol. The van der Waals surface area contributed by atoms with Crippen molar-refractivity contribution in [1.29, 1.82) is 0 Å². The second-order valence-corrected chi connectivity index (χ2v) is 3.37. The van der Waals surface area contributed by atoms with E-state index in [-0.39, 0.29) is 11.8 Å². The third kappa shape index (κ3) is 2.80. The Kier molecular flexibility index (Phi) is 3.43. The van der Waals surface area contributed by atoms with E-state index in [2.05, 4.69) is 10.3 Å². The molecule has 82 valence electrons. The van der Waals surface area contributed by atoms with Crippen LogP contribution in [0.15, 0.2) is 16.9 Å². The molecular formula is C9H12N2O4. The van der Waals surface area contributed by atoms with Gasteiger partial charge in [0.1, 0.15) is 12.3 Å². The van der Waals surface area contributed by atoms with Crippen molar-refractivity contribution in [3.8, 4) is 0 Å². The topological polar surface area (TPSA) is 92.4 Å². The molecule has 0 aliphatic heterocycles. The van der Waals surface area contributed by atoms with Gasteiger partial charge in [-0.05, 0) is 5.92 Å². The number of rotatable bonds is 4. The van der Waals surface area contributed by atoms with Crippen LogP contribution in [-0.2, 0) is 4.79 Å². The molecule has 6 heteroatoms. The molecule has 0 bridgehead atoms. The number of carbonyl (C=O) groups is 2. The first kappa shape index (κ1) is 11.2. The van der Waals surface area contributed by atoms with Gasteiger partial charge in [0, 0.05) is 0 Å². The maximum Gasteiger partial charge on any atom is 0.326 e. The molecule has 0 saturated heterocycles. The van der Waals surface area contributed by atoms with Gasteiger partial charge >= 0.3 is 11.9 Å². The molecule has 1 aromatic heterocycles. The summed E-state index contributed by atoms with van der Waals surface area (Å²) in [7, 11) is 0. The number of carboxylic acid groups (broad SMARTS) is 1. The summed E-state index contributed by atoms with van der Waals surface area (Å²) in [6.45, 7) is 3.41. The summed E-state index contributed by atoms with van der Waals surface area (Å²) in [5, 5.41) is 11.1. The Morgan fingerprint density at radius 3 is 2.60 bits per heavy atom. The highest BCUT2D eigenvalue weighted by molar-refractivity contribution is 5.92. The van der Waals surface area contributed by atoms with Gasteiger partial charge in [0.2, 0.25) is 0 Å². The van der Waals surface area contributed by atoms with Crippen LogP contribution in [0.25, 0.3) is 0 Å². The Labute approximate surface area is 86.3 Å². The molecule has 0 aliphatic carbocycles. The Bertz CT molecular complexity index is 345. The lowest BCUT2D eigenvalue weighted by molar-refractivity contribution is -0.140. The molecule has 1 aromatic rings. The number of hydrogen-bond donors (Lipinski definition) is 2. The van der Waals surface area contributed by atoms with E-state index in [4.69, 9.17) is 9.52 Å². The Balaban J connectivity index is 2.67. The number of nitrogens with zero attached hydrogens (tertiary/aromatic N) is 1. The van der Waals surface area contributed by atoms with Crippen molar-refractivity contribution in [3.63, 3.8) is 0 Å². The Hall–Kier alpha value is -1.85. The van der Waals surface area contributed by atoms with Crippen molar-refractivity contribution in [2.24, 2.45) is 5.92 Å². The van der Waals surface area contributed by atoms with Crippen molar-refractivity contribution in [2.45, 2.75) is 19.9 Å². The summed E-state index contributed by atoms with van der Waals surface area (Å²) >= 11 is 0. The van der Waals surface area contributed by atoms with E-state index >= 15 is 0 Å². The van der Waals surface area contributed by atoms with Crippen LogP contribution < -0.4 is 5.32 Å². The number of carboxylic acids is 1. The van der Waals surface area contributed by atoms with Crippen LogP contribution in [0.1, 0.15) is 24.5 Å². The average Bonchev–Trinajstić information content (AvgIpc) is 2.65. The molecule has 0 aromatic carbocycles. The van der Waals surface area contributed by atoms with E-state index in [1.165, 1.54) is 12.5 Å². The molecule has 0 spiro atoms.